The van der Waals surface area contributed by atoms with Crippen molar-refractivity contribution in [1.82, 2.24) is 4.90 Å². The summed E-state index contributed by atoms with van der Waals surface area (Å²) in [4.78, 5) is 13.8. The van der Waals surface area contributed by atoms with Crippen molar-refractivity contribution in [3.8, 4) is 5.75 Å². The molecule has 1 fully saturated rings. The number of nitrogens with zero attached hydrogens (tertiary/aromatic N) is 1. The topological polar surface area (TPSA) is 29.5 Å². The summed E-state index contributed by atoms with van der Waals surface area (Å²) in [5.41, 5.74) is 0.965. The van der Waals surface area contributed by atoms with Gasteiger partial charge in [-0.15, -0.1) is 11.8 Å². The van der Waals surface area contributed by atoms with E-state index in [-0.39, 0.29) is 5.91 Å². The third-order valence-corrected chi connectivity index (χ3v) is 3.61. The lowest BCUT2D eigenvalue weighted by atomic mass is 10.1. The number of thioether (sulfide) groups is 1. The molecule has 86 valence electrons. The van der Waals surface area contributed by atoms with Crippen molar-refractivity contribution >= 4 is 17.7 Å². The van der Waals surface area contributed by atoms with Crippen molar-refractivity contribution in [1.29, 1.82) is 0 Å². The summed E-state index contributed by atoms with van der Waals surface area (Å²) in [6.07, 6.45) is 0.435. The number of para-hydroxylation sites is 1. The van der Waals surface area contributed by atoms with Crippen LogP contribution in [0, 0.1) is 0 Å². The fourth-order valence-corrected chi connectivity index (χ4v) is 2.71. The molecular formula is C12H15NO2S. The Morgan fingerprint density at radius 2 is 2.31 bits per heavy atom. The van der Waals surface area contributed by atoms with Crippen LogP contribution in [-0.2, 0) is 11.2 Å². The fourth-order valence-electron chi connectivity index (χ4n) is 1.73. The van der Waals surface area contributed by atoms with Crippen LogP contribution in [0.2, 0.25) is 0 Å². The van der Waals surface area contributed by atoms with Gasteiger partial charge < -0.3 is 9.64 Å². The highest BCUT2D eigenvalue weighted by molar-refractivity contribution is 7.99. The average molecular weight is 237 g/mol. The van der Waals surface area contributed by atoms with Gasteiger partial charge in [0.15, 0.2) is 0 Å². The lowest BCUT2D eigenvalue weighted by Crippen LogP contribution is -2.29. The minimum atomic E-state index is 0.189. The predicted octanol–water partition coefficient (Wildman–Crippen LogP) is 1.77. The Balaban J connectivity index is 2.05. The number of amides is 1. The molecule has 0 radical (unpaired) electrons. The van der Waals surface area contributed by atoms with Gasteiger partial charge in [-0.1, -0.05) is 18.2 Å². The first-order valence-corrected chi connectivity index (χ1v) is 6.44. The van der Waals surface area contributed by atoms with Crippen molar-refractivity contribution in [2.24, 2.45) is 0 Å². The summed E-state index contributed by atoms with van der Waals surface area (Å²) in [5, 5.41) is 0. The molecule has 0 aliphatic carbocycles. The first-order chi connectivity index (χ1) is 7.81. The summed E-state index contributed by atoms with van der Waals surface area (Å²) in [6, 6.07) is 7.68. The lowest BCUT2D eigenvalue weighted by molar-refractivity contribution is -0.129. The minimum absolute atomic E-state index is 0.189. The number of benzene rings is 1. The molecule has 0 spiro atoms. The monoisotopic (exact) mass is 237 g/mol. The molecule has 0 unspecified atom stereocenters. The summed E-state index contributed by atoms with van der Waals surface area (Å²) in [5.74, 6) is 2.86. The standard InChI is InChI=1S/C12H15NO2S/c1-15-11-5-3-2-4-10(11)8-12(14)13-6-7-16-9-13/h2-5H,6-9H2,1H3. The van der Waals surface area contributed by atoms with Crippen molar-refractivity contribution in [2.75, 3.05) is 25.3 Å². The predicted molar refractivity (Wildman–Crippen MR) is 65.7 cm³/mol. The summed E-state index contributed by atoms with van der Waals surface area (Å²) >= 11 is 1.80. The average Bonchev–Trinajstić information content (AvgIpc) is 2.83. The van der Waals surface area contributed by atoms with Crippen molar-refractivity contribution in [3.05, 3.63) is 29.8 Å². The highest BCUT2D eigenvalue weighted by Gasteiger charge is 2.19. The van der Waals surface area contributed by atoms with E-state index in [4.69, 9.17) is 4.74 Å². The molecule has 4 heteroatoms. The van der Waals surface area contributed by atoms with Crippen LogP contribution in [0.15, 0.2) is 24.3 Å². The summed E-state index contributed by atoms with van der Waals surface area (Å²) < 4.78 is 5.23. The van der Waals surface area contributed by atoms with E-state index in [0.29, 0.717) is 6.42 Å². The highest BCUT2D eigenvalue weighted by Crippen LogP contribution is 2.20. The normalized spacial score (nSPS) is 15.2. The van der Waals surface area contributed by atoms with Gasteiger partial charge in [0, 0.05) is 17.9 Å². The van der Waals surface area contributed by atoms with Gasteiger partial charge in [-0.3, -0.25) is 4.79 Å². The molecule has 3 nitrogen and oxygen atoms in total. The van der Waals surface area contributed by atoms with Gasteiger partial charge in [-0.2, -0.15) is 0 Å². The lowest BCUT2D eigenvalue weighted by Gasteiger charge is -2.15. The molecule has 0 N–H and O–H groups in total. The molecule has 0 aromatic heterocycles. The maximum atomic E-state index is 11.9. The van der Waals surface area contributed by atoms with Gasteiger partial charge in [0.05, 0.1) is 19.4 Å². The number of rotatable bonds is 3. The quantitative estimate of drug-likeness (QED) is 0.802. The molecule has 2 rings (SSSR count). The molecule has 1 aliphatic heterocycles. The Morgan fingerprint density at radius 1 is 1.50 bits per heavy atom. The first-order valence-electron chi connectivity index (χ1n) is 5.28. The molecule has 0 saturated carbocycles. The van der Waals surface area contributed by atoms with Gasteiger partial charge in [-0.25, -0.2) is 0 Å². The zero-order valence-corrected chi connectivity index (χ0v) is 10.1. The highest BCUT2D eigenvalue weighted by atomic mass is 32.2. The van der Waals surface area contributed by atoms with E-state index in [0.717, 1.165) is 29.5 Å². The van der Waals surface area contributed by atoms with Crippen molar-refractivity contribution in [3.63, 3.8) is 0 Å². The number of ether oxygens (including phenoxy) is 1. The van der Waals surface area contributed by atoms with Crippen LogP contribution >= 0.6 is 11.8 Å². The fraction of sp³-hybridized carbons (Fsp3) is 0.417. The summed E-state index contributed by atoms with van der Waals surface area (Å²) in [7, 11) is 1.63. The number of methoxy groups -OCH3 is 1. The van der Waals surface area contributed by atoms with Crippen LogP contribution in [0.25, 0.3) is 0 Å². The van der Waals surface area contributed by atoms with Crippen LogP contribution in [0.1, 0.15) is 5.56 Å². The van der Waals surface area contributed by atoms with Crippen molar-refractivity contribution < 1.29 is 9.53 Å². The molecule has 1 aromatic carbocycles. The van der Waals surface area contributed by atoms with E-state index in [9.17, 15) is 4.79 Å². The van der Waals surface area contributed by atoms with E-state index in [1.807, 2.05) is 29.2 Å². The van der Waals surface area contributed by atoms with E-state index >= 15 is 0 Å². The van der Waals surface area contributed by atoms with Gasteiger partial charge in [0.25, 0.3) is 0 Å². The SMILES string of the molecule is COc1ccccc1CC(=O)N1CCSC1. The van der Waals surface area contributed by atoms with Gasteiger partial charge >= 0.3 is 0 Å². The first kappa shape index (κ1) is 11.3. The van der Waals surface area contributed by atoms with Gasteiger partial charge in [-0.05, 0) is 6.07 Å². The summed E-state index contributed by atoms with van der Waals surface area (Å²) in [6.45, 7) is 0.874. The maximum Gasteiger partial charge on any atom is 0.227 e. The molecule has 1 amide bonds. The van der Waals surface area contributed by atoms with Gasteiger partial charge in [0.2, 0.25) is 5.91 Å². The van der Waals surface area contributed by atoms with E-state index in [2.05, 4.69) is 0 Å². The molecule has 1 heterocycles. The molecule has 1 aliphatic rings. The molecular weight excluding hydrogens is 222 g/mol. The number of carbonyl (C=O) groups excluding carboxylic acids is 1. The number of hydrogen-bond acceptors (Lipinski definition) is 3. The molecule has 0 bridgehead atoms. The number of hydrogen-bond donors (Lipinski definition) is 0. The Morgan fingerprint density at radius 3 is 3.00 bits per heavy atom. The van der Waals surface area contributed by atoms with Crippen LogP contribution < -0.4 is 4.74 Å². The molecule has 0 atom stereocenters. The smallest absolute Gasteiger partial charge is 0.227 e. The van der Waals surface area contributed by atoms with Crippen LogP contribution in [0.5, 0.6) is 5.75 Å². The zero-order valence-electron chi connectivity index (χ0n) is 9.31. The van der Waals surface area contributed by atoms with Crippen LogP contribution in [0.3, 0.4) is 0 Å². The Kier molecular flexibility index (Phi) is 3.72. The Labute approximate surface area is 99.8 Å². The largest absolute Gasteiger partial charge is 0.496 e. The second kappa shape index (κ2) is 5.25. The molecule has 16 heavy (non-hydrogen) atoms. The molecule has 1 saturated heterocycles. The third kappa shape index (κ3) is 2.50. The second-order valence-corrected chi connectivity index (χ2v) is 4.76. The zero-order chi connectivity index (χ0) is 11.4. The number of carbonyl (C=O) groups is 1. The Hall–Kier alpha value is -1.16. The maximum absolute atomic E-state index is 11.9. The Bertz CT molecular complexity index is 375. The van der Waals surface area contributed by atoms with Crippen LogP contribution in [0.4, 0.5) is 0 Å². The van der Waals surface area contributed by atoms with Crippen molar-refractivity contribution in [2.45, 2.75) is 6.42 Å². The van der Waals surface area contributed by atoms with E-state index in [1.165, 1.54) is 0 Å². The molecule has 1 aromatic rings. The van der Waals surface area contributed by atoms with Crippen LogP contribution in [-0.4, -0.2) is 36.1 Å². The van der Waals surface area contributed by atoms with E-state index in [1.54, 1.807) is 18.9 Å². The second-order valence-electron chi connectivity index (χ2n) is 3.68. The van der Waals surface area contributed by atoms with E-state index < -0.39 is 0 Å². The minimum Gasteiger partial charge on any atom is -0.496 e. The third-order valence-electron chi connectivity index (χ3n) is 2.64. The van der Waals surface area contributed by atoms with Gasteiger partial charge in [0.1, 0.15) is 5.75 Å².